The fourth-order valence-corrected chi connectivity index (χ4v) is 2.80. The summed E-state index contributed by atoms with van der Waals surface area (Å²) in [6, 6.07) is 19.5. The van der Waals surface area contributed by atoms with Crippen LogP contribution < -0.4 is 10.6 Å². The van der Waals surface area contributed by atoms with E-state index in [1.165, 1.54) is 11.1 Å². The number of hydrogen-bond acceptors (Lipinski definition) is 3. The molecule has 0 unspecified atom stereocenters. The van der Waals surface area contributed by atoms with Gasteiger partial charge in [0.25, 0.3) is 5.91 Å². The Morgan fingerprint density at radius 3 is 2.14 bits per heavy atom. The van der Waals surface area contributed by atoms with E-state index in [9.17, 15) is 4.79 Å². The number of hydrogen-bond donors (Lipinski definition) is 2. The number of aliphatic imine (C=N–C) groups is 1. The van der Waals surface area contributed by atoms with E-state index in [0.29, 0.717) is 18.1 Å². The highest BCUT2D eigenvalue weighted by atomic mass is 16.1. The van der Waals surface area contributed by atoms with Crippen LogP contribution in [0, 0.1) is 0 Å². The zero-order valence-corrected chi connectivity index (χ0v) is 16.9. The van der Waals surface area contributed by atoms with Gasteiger partial charge in [0, 0.05) is 23.6 Å². The fraction of sp³-hybridized carbons (Fsp3) is 0.208. The summed E-state index contributed by atoms with van der Waals surface area (Å²) in [4.78, 5) is 21.4. The Morgan fingerprint density at radius 1 is 0.897 bits per heavy atom. The van der Waals surface area contributed by atoms with E-state index in [0.717, 1.165) is 24.1 Å². The Kier molecular flexibility index (Phi) is 7.11. The molecule has 0 atom stereocenters. The van der Waals surface area contributed by atoms with Crippen LogP contribution in [-0.2, 0) is 19.4 Å². The van der Waals surface area contributed by atoms with Crippen LogP contribution >= 0.6 is 0 Å². The number of nitrogens with zero attached hydrogens (tertiary/aromatic N) is 2. The lowest BCUT2D eigenvalue weighted by Gasteiger charge is -2.12. The van der Waals surface area contributed by atoms with Gasteiger partial charge >= 0.3 is 0 Å². The topological polar surface area (TPSA) is 66.4 Å². The van der Waals surface area contributed by atoms with Gasteiger partial charge in [-0.25, -0.2) is 4.99 Å². The van der Waals surface area contributed by atoms with Crippen molar-refractivity contribution in [3.63, 3.8) is 0 Å². The van der Waals surface area contributed by atoms with Crippen LogP contribution in [-0.4, -0.2) is 16.9 Å². The van der Waals surface area contributed by atoms with Gasteiger partial charge in [0.05, 0.1) is 6.54 Å². The molecule has 0 saturated heterocycles. The molecular formula is C24H26N4O. The molecule has 5 nitrogen and oxygen atoms in total. The van der Waals surface area contributed by atoms with Gasteiger partial charge in [-0.05, 0) is 59.9 Å². The zero-order valence-electron chi connectivity index (χ0n) is 16.9. The Labute approximate surface area is 171 Å². The minimum absolute atomic E-state index is 0.199. The quantitative estimate of drug-likeness (QED) is 0.480. The SMILES string of the molecule is CCc1ccc(NC(=NCc2cccnc2)NC(=O)c2ccc(CC)cc2)cc1. The van der Waals surface area contributed by atoms with Crippen LogP contribution in [0.3, 0.4) is 0 Å². The molecule has 5 heteroatoms. The number of anilines is 1. The van der Waals surface area contributed by atoms with Crippen LogP contribution in [0.1, 0.15) is 40.9 Å². The molecular weight excluding hydrogens is 360 g/mol. The van der Waals surface area contributed by atoms with Crippen LogP contribution in [0.15, 0.2) is 78.0 Å². The predicted molar refractivity (Wildman–Crippen MR) is 118 cm³/mol. The first-order valence-corrected chi connectivity index (χ1v) is 9.87. The van der Waals surface area contributed by atoms with E-state index >= 15 is 0 Å². The van der Waals surface area contributed by atoms with E-state index in [-0.39, 0.29) is 5.91 Å². The molecule has 1 amide bonds. The van der Waals surface area contributed by atoms with Crippen molar-refractivity contribution in [3.05, 3.63) is 95.3 Å². The number of guanidine groups is 1. The molecule has 148 valence electrons. The third kappa shape index (κ3) is 6.01. The average molecular weight is 386 g/mol. The van der Waals surface area contributed by atoms with Crippen molar-refractivity contribution in [2.24, 2.45) is 4.99 Å². The van der Waals surface area contributed by atoms with E-state index in [1.54, 1.807) is 12.4 Å². The molecule has 29 heavy (non-hydrogen) atoms. The molecule has 0 bridgehead atoms. The van der Waals surface area contributed by atoms with E-state index in [1.807, 2.05) is 48.5 Å². The number of aromatic nitrogens is 1. The van der Waals surface area contributed by atoms with Crippen molar-refractivity contribution in [1.29, 1.82) is 0 Å². The number of carbonyl (C=O) groups is 1. The number of pyridine rings is 1. The first-order chi connectivity index (χ1) is 14.2. The number of amides is 1. The summed E-state index contributed by atoms with van der Waals surface area (Å²) in [7, 11) is 0. The largest absolute Gasteiger partial charge is 0.326 e. The summed E-state index contributed by atoms with van der Waals surface area (Å²) in [5.41, 5.74) is 4.88. The van der Waals surface area contributed by atoms with Crippen molar-refractivity contribution < 1.29 is 4.79 Å². The maximum absolute atomic E-state index is 12.7. The fourth-order valence-electron chi connectivity index (χ4n) is 2.80. The number of aryl methyl sites for hydroxylation is 2. The van der Waals surface area contributed by atoms with Gasteiger partial charge in [0.15, 0.2) is 0 Å². The average Bonchev–Trinajstić information content (AvgIpc) is 2.78. The van der Waals surface area contributed by atoms with Crippen molar-refractivity contribution in [2.45, 2.75) is 33.2 Å². The summed E-state index contributed by atoms with van der Waals surface area (Å²) in [6.45, 7) is 4.62. The standard InChI is InChI=1S/C24H26N4O/c1-3-18-7-11-21(12-8-18)23(29)28-24(26-17-20-6-5-15-25-16-20)27-22-13-9-19(4-2)10-14-22/h5-16H,3-4,17H2,1-2H3,(H2,26,27,28,29). The van der Waals surface area contributed by atoms with Gasteiger partial charge in [0.2, 0.25) is 5.96 Å². The lowest BCUT2D eigenvalue weighted by atomic mass is 10.1. The number of rotatable bonds is 6. The summed E-state index contributed by atoms with van der Waals surface area (Å²) in [5, 5.41) is 6.12. The third-order valence-corrected chi connectivity index (χ3v) is 4.62. The van der Waals surface area contributed by atoms with Gasteiger partial charge in [-0.1, -0.05) is 44.2 Å². The Morgan fingerprint density at radius 2 is 1.55 bits per heavy atom. The summed E-state index contributed by atoms with van der Waals surface area (Å²) >= 11 is 0. The minimum atomic E-state index is -0.199. The molecule has 0 fully saturated rings. The van der Waals surface area contributed by atoms with Gasteiger partial charge in [0.1, 0.15) is 0 Å². The second-order valence-corrected chi connectivity index (χ2v) is 6.71. The van der Waals surface area contributed by atoms with Crippen LogP contribution in [0.4, 0.5) is 5.69 Å². The Balaban J connectivity index is 1.77. The zero-order chi connectivity index (χ0) is 20.5. The van der Waals surface area contributed by atoms with Crippen LogP contribution in [0.25, 0.3) is 0 Å². The van der Waals surface area contributed by atoms with Gasteiger partial charge in [-0.3, -0.25) is 15.1 Å². The highest BCUT2D eigenvalue weighted by Crippen LogP contribution is 2.11. The minimum Gasteiger partial charge on any atom is -0.326 e. The van der Waals surface area contributed by atoms with Gasteiger partial charge in [-0.15, -0.1) is 0 Å². The number of nitrogens with one attached hydrogen (secondary N) is 2. The molecule has 1 heterocycles. The van der Waals surface area contributed by atoms with Gasteiger partial charge < -0.3 is 5.32 Å². The van der Waals surface area contributed by atoms with Crippen molar-refractivity contribution in [2.75, 3.05) is 5.32 Å². The molecule has 0 aliphatic rings. The second-order valence-electron chi connectivity index (χ2n) is 6.71. The van der Waals surface area contributed by atoms with Crippen LogP contribution in [0.2, 0.25) is 0 Å². The molecule has 2 N–H and O–H groups in total. The third-order valence-electron chi connectivity index (χ3n) is 4.62. The first kappa shape index (κ1) is 20.3. The van der Waals surface area contributed by atoms with Crippen molar-refractivity contribution >= 4 is 17.6 Å². The maximum atomic E-state index is 12.7. The summed E-state index contributed by atoms with van der Waals surface area (Å²) in [6.07, 6.45) is 5.41. The molecule has 3 rings (SSSR count). The molecule has 0 spiro atoms. The molecule has 0 aliphatic carbocycles. The summed E-state index contributed by atoms with van der Waals surface area (Å²) in [5.74, 6) is 0.206. The predicted octanol–water partition coefficient (Wildman–Crippen LogP) is 4.60. The monoisotopic (exact) mass is 386 g/mol. The highest BCUT2D eigenvalue weighted by Gasteiger charge is 2.10. The van der Waals surface area contributed by atoms with E-state index in [2.05, 4.69) is 46.6 Å². The smallest absolute Gasteiger partial charge is 0.257 e. The molecule has 2 aromatic carbocycles. The van der Waals surface area contributed by atoms with Crippen molar-refractivity contribution in [1.82, 2.24) is 10.3 Å². The molecule has 1 aromatic heterocycles. The van der Waals surface area contributed by atoms with E-state index in [4.69, 9.17) is 0 Å². The summed E-state index contributed by atoms with van der Waals surface area (Å²) < 4.78 is 0. The molecule has 0 radical (unpaired) electrons. The normalized spacial score (nSPS) is 11.2. The molecule has 0 saturated carbocycles. The Bertz CT molecular complexity index is 948. The molecule has 0 aliphatic heterocycles. The number of carbonyl (C=O) groups excluding carboxylic acids is 1. The molecule has 3 aromatic rings. The van der Waals surface area contributed by atoms with Gasteiger partial charge in [-0.2, -0.15) is 0 Å². The second kappa shape index (κ2) is 10.2. The van der Waals surface area contributed by atoms with Crippen molar-refractivity contribution in [3.8, 4) is 0 Å². The van der Waals surface area contributed by atoms with Crippen LogP contribution in [0.5, 0.6) is 0 Å². The lowest BCUT2D eigenvalue weighted by Crippen LogP contribution is -2.36. The highest BCUT2D eigenvalue weighted by molar-refractivity contribution is 6.09. The number of benzene rings is 2. The first-order valence-electron chi connectivity index (χ1n) is 9.87. The maximum Gasteiger partial charge on any atom is 0.257 e. The lowest BCUT2D eigenvalue weighted by molar-refractivity contribution is 0.0977. The van der Waals surface area contributed by atoms with E-state index < -0.39 is 0 Å². The Hall–Kier alpha value is -3.47.